The Kier molecular flexibility index (Phi) is 3.96. The summed E-state index contributed by atoms with van der Waals surface area (Å²) in [5.41, 5.74) is 1.47. The molecule has 1 N–H and O–H groups in total. The van der Waals surface area contributed by atoms with Crippen molar-refractivity contribution >= 4 is 0 Å². The lowest BCUT2D eigenvalue weighted by molar-refractivity contribution is 0.299. The lowest BCUT2D eigenvalue weighted by Gasteiger charge is -2.21. The zero-order valence-electron chi connectivity index (χ0n) is 11.1. The average molecular weight is 244 g/mol. The van der Waals surface area contributed by atoms with Crippen molar-refractivity contribution in [2.24, 2.45) is 0 Å². The first-order valence-corrected chi connectivity index (χ1v) is 7.45. The highest BCUT2D eigenvalue weighted by molar-refractivity contribution is 5.14. The molecule has 18 heavy (non-hydrogen) atoms. The van der Waals surface area contributed by atoms with Gasteiger partial charge in [-0.2, -0.15) is 0 Å². The minimum atomic E-state index is 0.767. The van der Waals surface area contributed by atoms with E-state index in [1.54, 1.807) is 0 Å². The van der Waals surface area contributed by atoms with Crippen LogP contribution < -0.4 is 5.32 Å². The van der Waals surface area contributed by atoms with Crippen molar-refractivity contribution < 1.29 is 0 Å². The SMILES string of the molecule is c1ccc(CCCNC2CCN3CCCC23)cc1. The third-order valence-corrected chi connectivity index (χ3v) is 4.50. The van der Waals surface area contributed by atoms with Crippen molar-refractivity contribution in [3.63, 3.8) is 0 Å². The van der Waals surface area contributed by atoms with Crippen LogP contribution in [0.5, 0.6) is 0 Å². The molecule has 1 aromatic carbocycles. The predicted molar refractivity (Wildman–Crippen MR) is 75.8 cm³/mol. The molecular formula is C16H24N2. The maximum absolute atomic E-state index is 3.78. The molecule has 0 amide bonds. The molecule has 0 saturated carbocycles. The molecule has 0 radical (unpaired) electrons. The zero-order chi connectivity index (χ0) is 12.2. The van der Waals surface area contributed by atoms with Gasteiger partial charge in [0.2, 0.25) is 0 Å². The number of fused-ring (bicyclic) bond motifs is 1. The molecule has 2 nitrogen and oxygen atoms in total. The normalized spacial score (nSPS) is 27.6. The second-order valence-electron chi connectivity index (χ2n) is 5.68. The molecule has 2 heterocycles. The van der Waals surface area contributed by atoms with Crippen LogP contribution in [0.4, 0.5) is 0 Å². The zero-order valence-corrected chi connectivity index (χ0v) is 11.1. The van der Waals surface area contributed by atoms with Crippen LogP contribution in [-0.4, -0.2) is 36.6 Å². The number of aryl methyl sites for hydroxylation is 1. The smallest absolute Gasteiger partial charge is 0.0250 e. The standard InChI is InChI=1S/C16H24N2/c1-2-6-14(7-3-1)8-4-11-17-15-10-13-18-12-5-9-16(15)18/h1-3,6-7,15-17H,4-5,8-13H2. The Balaban J connectivity index is 1.38. The summed E-state index contributed by atoms with van der Waals surface area (Å²) in [6.07, 6.45) is 6.64. The van der Waals surface area contributed by atoms with Crippen LogP contribution in [-0.2, 0) is 6.42 Å². The van der Waals surface area contributed by atoms with Crippen molar-refractivity contribution in [1.82, 2.24) is 10.2 Å². The minimum absolute atomic E-state index is 0.767. The second kappa shape index (κ2) is 5.85. The minimum Gasteiger partial charge on any atom is -0.312 e. The van der Waals surface area contributed by atoms with Crippen LogP contribution in [0, 0.1) is 0 Å². The van der Waals surface area contributed by atoms with Gasteiger partial charge in [0.1, 0.15) is 0 Å². The molecule has 3 rings (SSSR count). The van der Waals surface area contributed by atoms with E-state index in [9.17, 15) is 0 Å². The Morgan fingerprint density at radius 1 is 1.11 bits per heavy atom. The van der Waals surface area contributed by atoms with Crippen molar-refractivity contribution in [3.05, 3.63) is 35.9 Å². The van der Waals surface area contributed by atoms with Gasteiger partial charge in [-0.1, -0.05) is 30.3 Å². The average Bonchev–Trinajstić information content (AvgIpc) is 3.00. The third kappa shape index (κ3) is 2.76. The first kappa shape index (κ1) is 12.2. The summed E-state index contributed by atoms with van der Waals surface area (Å²) in [4.78, 5) is 2.68. The van der Waals surface area contributed by atoms with Crippen LogP contribution in [0.25, 0.3) is 0 Å². The predicted octanol–water partition coefficient (Wildman–Crippen LogP) is 2.45. The fourth-order valence-corrected chi connectivity index (χ4v) is 3.55. The van der Waals surface area contributed by atoms with E-state index in [2.05, 4.69) is 40.5 Å². The Labute approximate surface area is 110 Å². The summed E-state index contributed by atoms with van der Waals surface area (Å²) in [5.74, 6) is 0. The van der Waals surface area contributed by atoms with E-state index in [1.165, 1.54) is 57.3 Å². The largest absolute Gasteiger partial charge is 0.312 e. The van der Waals surface area contributed by atoms with E-state index >= 15 is 0 Å². The Morgan fingerprint density at radius 2 is 2.00 bits per heavy atom. The summed E-state index contributed by atoms with van der Waals surface area (Å²) in [5, 5.41) is 3.78. The number of hydrogen-bond acceptors (Lipinski definition) is 2. The lowest BCUT2D eigenvalue weighted by atomic mass is 10.1. The fourth-order valence-electron chi connectivity index (χ4n) is 3.55. The van der Waals surface area contributed by atoms with E-state index in [0.29, 0.717) is 0 Å². The van der Waals surface area contributed by atoms with E-state index in [-0.39, 0.29) is 0 Å². The summed E-state index contributed by atoms with van der Waals surface area (Å²) in [6, 6.07) is 12.4. The highest BCUT2D eigenvalue weighted by atomic mass is 15.2. The van der Waals surface area contributed by atoms with Crippen LogP contribution in [0.1, 0.15) is 31.2 Å². The molecule has 2 heteroatoms. The molecule has 2 unspecified atom stereocenters. The van der Waals surface area contributed by atoms with Gasteiger partial charge in [0, 0.05) is 18.6 Å². The topological polar surface area (TPSA) is 15.3 Å². The molecular weight excluding hydrogens is 220 g/mol. The van der Waals surface area contributed by atoms with E-state index < -0.39 is 0 Å². The molecule has 0 aromatic heterocycles. The Hall–Kier alpha value is -0.860. The number of nitrogens with zero attached hydrogens (tertiary/aromatic N) is 1. The molecule has 2 saturated heterocycles. The number of rotatable bonds is 5. The number of nitrogens with one attached hydrogen (secondary N) is 1. The maximum atomic E-state index is 3.78. The monoisotopic (exact) mass is 244 g/mol. The summed E-state index contributed by atoms with van der Waals surface area (Å²) in [6.45, 7) is 3.83. The van der Waals surface area contributed by atoms with E-state index in [0.717, 1.165) is 12.1 Å². The van der Waals surface area contributed by atoms with Gasteiger partial charge in [-0.25, -0.2) is 0 Å². The molecule has 0 aliphatic carbocycles. The molecule has 2 fully saturated rings. The van der Waals surface area contributed by atoms with Gasteiger partial charge in [-0.3, -0.25) is 4.90 Å². The van der Waals surface area contributed by atoms with Gasteiger partial charge < -0.3 is 5.32 Å². The van der Waals surface area contributed by atoms with Gasteiger partial charge in [0.15, 0.2) is 0 Å². The number of benzene rings is 1. The Morgan fingerprint density at radius 3 is 2.89 bits per heavy atom. The molecule has 0 bridgehead atoms. The fraction of sp³-hybridized carbons (Fsp3) is 0.625. The first-order chi connectivity index (χ1) is 8.93. The lowest BCUT2D eigenvalue weighted by Crippen LogP contribution is -2.39. The van der Waals surface area contributed by atoms with Crippen molar-refractivity contribution in [2.45, 2.75) is 44.2 Å². The van der Waals surface area contributed by atoms with Crippen LogP contribution in [0.15, 0.2) is 30.3 Å². The van der Waals surface area contributed by atoms with Gasteiger partial charge in [-0.05, 0) is 50.8 Å². The summed E-state index contributed by atoms with van der Waals surface area (Å²) in [7, 11) is 0. The highest BCUT2D eigenvalue weighted by Crippen LogP contribution is 2.27. The molecule has 2 aliphatic heterocycles. The van der Waals surface area contributed by atoms with Gasteiger partial charge in [0.05, 0.1) is 0 Å². The molecule has 1 aromatic rings. The summed E-state index contributed by atoms with van der Waals surface area (Å²) >= 11 is 0. The molecule has 98 valence electrons. The van der Waals surface area contributed by atoms with E-state index in [1.807, 2.05) is 0 Å². The third-order valence-electron chi connectivity index (χ3n) is 4.50. The van der Waals surface area contributed by atoms with Crippen LogP contribution >= 0.6 is 0 Å². The van der Waals surface area contributed by atoms with Gasteiger partial charge >= 0.3 is 0 Å². The molecule has 2 aliphatic rings. The van der Waals surface area contributed by atoms with Gasteiger partial charge in [0.25, 0.3) is 0 Å². The maximum Gasteiger partial charge on any atom is 0.0250 e. The van der Waals surface area contributed by atoms with Gasteiger partial charge in [-0.15, -0.1) is 0 Å². The van der Waals surface area contributed by atoms with Crippen LogP contribution in [0.3, 0.4) is 0 Å². The second-order valence-corrected chi connectivity index (χ2v) is 5.68. The van der Waals surface area contributed by atoms with Crippen molar-refractivity contribution in [3.8, 4) is 0 Å². The van der Waals surface area contributed by atoms with Crippen molar-refractivity contribution in [1.29, 1.82) is 0 Å². The highest BCUT2D eigenvalue weighted by Gasteiger charge is 2.36. The van der Waals surface area contributed by atoms with Crippen LogP contribution in [0.2, 0.25) is 0 Å². The first-order valence-electron chi connectivity index (χ1n) is 7.45. The summed E-state index contributed by atoms with van der Waals surface area (Å²) < 4.78 is 0. The quantitative estimate of drug-likeness (QED) is 0.800. The molecule has 0 spiro atoms. The Bertz CT molecular complexity index is 363. The van der Waals surface area contributed by atoms with Crippen molar-refractivity contribution in [2.75, 3.05) is 19.6 Å². The van der Waals surface area contributed by atoms with E-state index in [4.69, 9.17) is 0 Å². The number of hydrogen-bond donors (Lipinski definition) is 1. The molecule has 2 atom stereocenters.